The van der Waals surface area contributed by atoms with Crippen LogP contribution in [0.4, 0.5) is 4.39 Å². The van der Waals surface area contributed by atoms with Crippen LogP contribution >= 0.6 is 0 Å². The van der Waals surface area contributed by atoms with Gasteiger partial charge in [-0.3, -0.25) is 20.4 Å². The second-order valence-corrected chi connectivity index (χ2v) is 5.67. The highest BCUT2D eigenvalue weighted by Crippen LogP contribution is 2.16. The number of benzene rings is 3. The lowest BCUT2D eigenvalue weighted by Gasteiger charge is -2.09. The van der Waals surface area contributed by atoms with Crippen molar-refractivity contribution < 1.29 is 18.7 Å². The van der Waals surface area contributed by atoms with Crippen molar-refractivity contribution in [2.24, 2.45) is 0 Å². The lowest BCUT2D eigenvalue weighted by Crippen LogP contribution is -2.44. The number of rotatable bonds is 5. The summed E-state index contributed by atoms with van der Waals surface area (Å²) in [5, 5.41) is 2.13. The first kappa shape index (κ1) is 17.4. The Morgan fingerprint density at radius 3 is 2.35 bits per heavy atom. The molecule has 0 atom stereocenters. The van der Waals surface area contributed by atoms with Crippen molar-refractivity contribution in [3.05, 3.63) is 78.1 Å². The summed E-state index contributed by atoms with van der Waals surface area (Å²) < 4.78 is 18.4. The molecule has 0 unspecified atom stereocenters. The Kier molecular flexibility index (Phi) is 5.43. The van der Waals surface area contributed by atoms with Crippen molar-refractivity contribution >= 4 is 22.6 Å². The maximum absolute atomic E-state index is 13.4. The molecule has 0 fully saturated rings. The number of ether oxygens (including phenoxy) is 1. The predicted molar refractivity (Wildman–Crippen MR) is 95.8 cm³/mol. The minimum atomic E-state index is -0.583. The Balaban J connectivity index is 1.47. The number of hydrazine groups is 1. The number of fused-ring (bicyclic) bond motifs is 1. The van der Waals surface area contributed by atoms with Gasteiger partial charge in [0.2, 0.25) is 5.91 Å². The van der Waals surface area contributed by atoms with E-state index in [2.05, 4.69) is 10.9 Å². The van der Waals surface area contributed by atoms with Crippen LogP contribution in [-0.4, -0.2) is 18.4 Å². The van der Waals surface area contributed by atoms with Gasteiger partial charge >= 0.3 is 0 Å². The number of carbonyl (C=O) groups excluding carboxylic acids is 2. The highest BCUT2D eigenvalue weighted by atomic mass is 19.1. The third-order valence-electron chi connectivity index (χ3n) is 3.72. The van der Waals surface area contributed by atoms with Crippen LogP contribution in [0, 0.1) is 5.82 Å². The Labute approximate surface area is 149 Å². The second kappa shape index (κ2) is 8.11. The molecule has 3 rings (SSSR count). The van der Waals surface area contributed by atoms with Crippen molar-refractivity contribution in [1.29, 1.82) is 0 Å². The van der Waals surface area contributed by atoms with Crippen molar-refractivity contribution in [1.82, 2.24) is 10.9 Å². The van der Waals surface area contributed by atoms with Gasteiger partial charge in [-0.2, -0.15) is 0 Å². The maximum atomic E-state index is 13.4. The third-order valence-corrected chi connectivity index (χ3v) is 3.72. The number of nitrogens with one attached hydrogen (secondary N) is 2. The minimum absolute atomic E-state index is 0.0230. The van der Waals surface area contributed by atoms with E-state index in [9.17, 15) is 14.0 Å². The maximum Gasteiger partial charge on any atom is 0.276 e. The Hall–Kier alpha value is -3.41. The van der Waals surface area contributed by atoms with Crippen LogP contribution in [0.15, 0.2) is 66.7 Å². The van der Waals surface area contributed by atoms with E-state index in [1.807, 2.05) is 42.5 Å². The molecule has 26 heavy (non-hydrogen) atoms. The number of hydrogen-bond acceptors (Lipinski definition) is 3. The fourth-order valence-corrected chi connectivity index (χ4v) is 2.46. The van der Waals surface area contributed by atoms with Gasteiger partial charge in [-0.15, -0.1) is 0 Å². The van der Waals surface area contributed by atoms with Crippen LogP contribution in [0.2, 0.25) is 0 Å². The van der Waals surface area contributed by atoms with Crippen molar-refractivity contribution in [3.63, 3.8) is 0 Å². The Morgan fingerprint density at radius 1 is 0.846 bits per heavy atom. The molecule has 0 bridgehead atoms. The largest absolute Gasteiger partial charge is 0.481 e. The summed E-state index contributed by atoms with van der Waals surface area (Å²) in [5.41, 5.74) is 5.39. The van der Waals surface area contributed by atoms with Crippen molar-refractivity contribution in [2.75, 3.05) is 6.61 Å². The second-order valence-electron chi connectivity index (χ2n) is 5.67. The van der Waals surface area contributed by atoms with Crippen LogP contribution in [0.5, 0.6) is 5.75 Å². The molecule has 3 aromatic rings. The first-order chi connectivity index (χ1) is 12.6. The van der Waals surface area contributed by atoms with Gasteiger partial charge in [-0.25, -0.2) is 4.39 Å². The molecule has 2 N–H and O–H groups in total. The molecule has 6 heteroatoms. The number of amides is 2. The first-order valence-electron chi connectivity index (χ1n) is 8.04. The molecule has 0 aliphatic heterocycles. The molecule has 0 spiro atoms. The lowest BCUT2D eigenvalue weighted by atomic mass is 10.1. The Morgan fingerprint density at radius 2 is 1.54 bits per heavy atom. The summed E-state index contributed by atoms with van der Waals surface area (Å²) >= 11 is 0. The number of para-hydroxylation sites is 1. The third kappa shape index (κ3) is 4.57. The molecule has 2 amide bonds. The fraction of sp³-hybridized carbons (Fsp3) is 0.100. The zero-order chi connectivity index (χ0) is 18.4. The molecule has 0 aliphatic rings. The molecule has 0 saturated heterocycles. The molecule has 3 aromatic carbocycles. The van der Waals surface area contributed by atoms with E-state index in [-0.39, 0.29) is 18.1 Å². The summed E-state index contributed by atoms with van der Waals surface area (Å²) in [6.45, 7) is -0.406. The standard InChI is InChI=1S/C20H17FN2O3/c21-17-7-3-4-8-18(17)26-13-20(25)23-22-19(24)12-14-9-10-15-5-1-2-6-16(15)11-14/h1-11H,12-13H2,(H,22,24)(H,23,25). The van der Waals surface area contributed by atoms with Gasteiger partial charge < -0.3 is 4.74 Å². The molecule has 0 saturated carbocycles. The van der Waals surface area contributed by atoms with E-state index in [1.54, 1.807) is 6.07 Å². The van der Waals surface area contributed by atoms with E-state index in [0.29, 0.717) is 0 Å². The van der Waals surface area contributed by atoms with Gasteiger partial charge in [0.15, 0.2) is 18.2 Å². The summed E-state index contributed by atoms with van der Waals surface area (Å²) in [6.07, 6.45) is 0.124. The van der Waals surface area contributed by atoms with Crippen molar-refractivity contribution in [2.45, 2.75) is 6.42 Å². The van der Waals surface area contributed by atoms with Gasteiger partial charge in [0, 0.05) is 0 Å². The molecule has 0 heterocycles. The molecule has 0 radical (unpaired) electrons. The molecule has 5 nitrogen and oxygen atoms in total. The number of hydrogen-bond donors (Lipinski definition) is 2. The molecular weight excluding hydrogens is 335 g/mol. The Bertz CT molecular complexity index is 943. The van der Waals surface area contributed by atoms with Crippen LogP contribution in [0.1, 0.15) is 5.56 Å². The van der Waals surface area contributed by atoms with Gasteiger partial charge in [0.25, 0.3) is 5.91 Å². The van der Waals surface area contributed by atoms with E-state index in [0.717, 1.165) is 16.3 Å². The van der Waals surface area contributed by atoms with Crippen LogP contribution < -0.4 is 15.6 Å². The van der Waals surface area contributed by atoms with Crippen molar-refractivity contribution in [3.8, 4) is 5.75 Å². The van der Waals surface area contributed by atoms with Crippen LogP contribution in [0.3, 0.4) is 0 Å². The van der Waals surface area contributed by atoms with Gasteiger partial charge in [-0.05, 0) is 28.5 Å². The average Bonchev–Trinajstić information content (AvgIpc) is 2.65. The molecule has 0 aromatic heterocycles. The fourth-order valence-electron chi connectivity index (χ4n) is 2.46. The molecule has 132 valence electrons. The monoisotopic (exact) mass is 352 g/mol. The van der Waals surface area contributed by atoms with E-state index in [1.165, 1.54) is 18.2 Å². The van der Waals surface area contributed by atoms with E-state index >= 15 is 0 Å². The van der Waals surface area contributed by atoms with Gasteiger partial charge in [0.1, 0.15) is 0 Å². The SMILES string of the molecule is O=C(COc1ccccc1F)NNC(=O)Cc1ccc2ccccc2c1. The predicted octanol–water partition coefficient (Wildman–Crippen LogP) is 2.75. The van der Waals surface area contributed by atoms with Gasteiger partial charge in [-0.1, -0.05) is 54.6 Å². The van der Waals surface area contributed by atoms with E-state index < -0.39 is 18.3 Å². The normalized spacial score (nSPS) is 10.3. The minimum Gasteiger partial charge on any atom is -0.481 e. The highest BCUT2D eigenvalue weighted by Gasteiger charge is 2.08. The summed E-state index contributed by atoms with van der Waals surface area (Å²) in [5.74, 6) is -1.52. The zero-order valence-corrected chi connectivity index (χ0v) is 13.9. The van der Waals surface area contributed by atoms with Crippen LogP contribution in [0.25, 0.3) is 10.8 Å². The smallest absolute Gasteiger partial charge is 0.276 e. The summed E-state index contributed by atoms with van der Waals surface area (Å²) in [7, 11) is 0. The average molecular weight is 352 g/mol. The highest BCUT2D eigenvalue weighted by molar-refractivity contribution is 5.86. The first-order valence-corrected chi connectivity index (χ1v) is 8.04. The van der Waals surface area contributed by atoms with Gasteiger partial charge in [0.05, 0.1) is 6.42 Å². The summed E-state index contributed by atoms with van der Waals surface area (Å²) in [4.78, 5) is 23.6. The number of halogens is 1. The summed E-state index contributed by atoms with van der Waals surface area (Å²) in [6, 6.07) is 19.4. The number of carbonyl (C=O) groups is 2. The van der Waals surface area contributed by atoms with E-state index in [4.69, 9.17) is 4.74 Å². The molecular formula is C20H17FN2O3. The topological polar surface area (TPSA) is 67.4 Å². The zero-order valence-electron chi connectivity index (χ0n) is 13.9. The quantitative estimate of drug-likeness (QED) is 0.694. The molecule has 0 aliphatic carbocycles. The van der Waals surface area contributed by atoms with Crippen LogP contribution in [-0.2, 0) is 16.0 Å². The lowest BCUT2D eigenvalue weighted by molar-refractivity contribution is -0.129.